The number of amides is 1. The van der Waals surface area contributed by atoms with Crippen molar-refractivity contribution in [1.29, 1.82) is 0 Å². The lowest BCUT2D eigenvalue weighted by atomic mass is 10.3. The van der Waals surface area contributed by atoms with Crippen molar-refractivity contribution in [2.45, 2.75) is 32.2 Å². The highest BCUT2D eigenvalue weighted by molar-refractivity contribution is 5.76. The molecule has 0 aliphatic heterocycles. The van der Waals surface area contributed by atoms with Crippen molar-refractivity contribution in [2.75, 3.05) is 18.8 Å². The van der Waals surface area contributed by atoms with Crippen molar-refractivity contribution < 1.29 is 4.79 Å². The summed E-state index contributed by atoms with van der Waals surface area (Å²) in [5.74, 6) is 1.39. The lowest BCUT2D eigenvalue weighted by molar-refractivity contribution is -0.132. The molecular formula is C15H21N3O2. The molecule has 0 atom stereocenters. The normalized spacial score (nSPS) is 18.0. The number of aromatic nitrogens is 1. The lowest BCUT2D eigenvalue weighted by Crippen LogP contribution is -2.38. The molecule has 1 aromatic heterocycles. The molecule has 1 aromatic rings. The minimum Gasteiger partial charge on any atom is -0.398 e. The van der Waals surface area contributed by atoms with Gasteiger partial charge in [0.1, 0.15) is 6.54 Å². The Kier molecular flexibility index (Phi) is 3.51. The molecule has 0 aromatic carbocycles. The smallest absolute Gasteiger partial charge is 0.251 e. The molecule has 0 radical (unpaired) electrons. The number of hydrogen-bond acceptors (Lipinski definition) is 3. The molecule has 3 rings (SSSR count). The quantitative estimate of drug-likeness (QED) is 0.844. The summed E-state index contributed by atoms with van der Waals surface area (Å²) in [5.41, 5.74) is 6.01. The van der Waals surface area contributed by atoms with Gasteiger partial charge in [0.2, 0.25) is 5.91 Å². The van der Waals surface area contributed by atoms with E-state index in [2.05, 4.69) is 0 Å². The fourth-order valence-corrected chi connectivity index (χ4v) is 2.42. The summed E-state index contributed by atoms with van der Waals surface area (Å²) >= 11 is 0. The van der Waals surface area contributed by atoms with Gasteiger partial charge in [-0.25, -0.2) is 0 Å². The van der Waals surface area contributed by atoms with Crippen molar-refractivity contribution in [3.05, 3.63) is 28.7 Å². The molecule has 2 N–H and O–H groups in total. The van der Waals surface area contributed by atoms with Crippen LogP contribution in [0.4, 0.5) is 5.69 Å². The second-order valence-electron chi connectivity index (χ2n) is 6.11. The van der Waals surface area contributed by atoms with Crippen LogP contribution in [0.15, 0.2) is 23.1 Å². The molecule has 1 heterocycles. The maximum Gasteiger partial charge on any atom is 0.251 e. The molecular weight excluding hydrogens is 254 g/mol. The van der Waals surface area contributed by atoms with E-state index in [-0.39, 0.29) is 18.0 Å². The molecule has 0 saturated heterocycles. The number of pyridine rings is 1. The van der Waals surface area contributed by atoms with E-state index in [9.17, 15) is 9.59 Å². The summed E-state index contributed by atoms with van der Waals surface area (Å²) in [6, 6.07) is 2.98. The highest BCUT2D eigenvalue weighted by atomic mass is 16.2. The Hall–Kier alpha value is -1.78. The van der Waals surface area contributed by atoms with Crippen LogP contribution in [0.5, 0.6) is 0 Å². The molecule has 0 bridgehead atoms. The Morgan fingerprint density at radius 3 is 2.35 bits per heavy atom. The van der Waals surface area contributed by atoms with Gasteiger partial charge in [-0.15, -0.1) is 0 Å². The molecule has 2 aliphatic rings. The van der Waals surface area contributed by atoms with Gasteiger partial charge in [0.05, 0.1) is 0 Å². The van der Waals surface area contributed by atoms with Gasteiger partial charge in [-0.1, -0.05) is 0 Å². The second kappa shape index (κ2) is 5.31. The number of nitrogens with zero attached hydrogens (tertiary/aromatic N) is 2. The highest BCUT2D eigenvalue weighted by Crippen LogP contribution is 2.33. The molecule has 2 fully saturated rings. The third-order valence-corrected chi connectivity index (χ3v) is 4.02. The molecule has 0 spiro atoms. The fourth-order valence-electron chi connectivity index (χ4n) is 2.42. The number of nitrogens with two attached hydrogens (primary N) is 1. The number of anilines is 1. The van der Waals surface area contributed by atoms with Crippen molar-refractivity contribution in [3.8, 4) is 0 Å². The SMILES string of the molecule is Nc1ccc(=O)n(CC(=O)N(CC2CC2)CC2CC2)c1. The van der Waals surface area contributed by atoms with Gasteiger partial charge in [-0.2, -0.15) is 0 Å². The Bertz CT molecular complexity index is 544. The summed E-state index contributed by atoms with van der Waals surface area (Å²) in [4.78, 5) is 26.1. The molecule has 1 amide bonds. The van der Waals surface area contributed by atoms with Gasteiger partial charge in [0.15, 0.2) is 0 Å². The predicted octanol–water partition coefficient (Wildman–Crippen LogP) is 1.08. The van der Waals surface area contributed by atoms with E-state index < -0.39 is 0 Å². The molecule has 2 saturated carbocycles. The fraction of sp³-hybridized carbons (Fsp3) is 0.600. The van der Waals surface area contributed by atoms with E-state index in [1.54, 1.807) is 12.3 Å². The third kappa shape index (κ3) is 3.40. The summed E-state index contributed by atoms with van der Waals surface area (Å²) in [7, 11) is 0. The predicted molar refractivity (Wildman–Crippen MR) is 77.1 cm³/mol. The number of carbonyl (C=O) groups excluding carboxylic acids is 1. The van der Waals surface area contributed by atoms with E-state index in [1.807, 2.05) is 4.90 Å². The zero-order chi connectivity index (χ0) is 14.1. The Balaban J connectivity index is 1.67. The van der Waals surface area contributed by atoms with Crippen LogP contribution in [0, 0.1) is 11.8 Å². The topological polar surface area (TPSA) is 68.3 Å². The van der Waals surface area contributed by atoms with E-state index in [0.717, 1.165) is 13.1 Å². The minimum absolute atomic E-state index is 0.0384. The lowest BCUT2D eigenvalue weighted by Gasteiger charge is -2.23. The summed E-state index contributed by atoms with van der Waals surface area (Å²) in [6.07, 6.45) is 6.46. The van der Waals surface area contributed by atoms with Gasteiger partial charge in [-0.3, -0.25) is 9.59 Å². The zero-order valence-electron chi connectivity index (χ0n) is 11.6. The van der Waals surface area contributed by atoms with Crippen molar-refractivity contribution in [2.24, 2.45) is 11.8 Å². The summed E-state index contributed by atoms with van der Waals surface area (Å²) in [6.45, 7) is 1.81. The van der Waals surface area contributed by atoms with Crippen LogP contribution in [0.3, 0.4) is 0 Å². The number of rotatable bonds is 6. The van der Waals surface area contributed by atoms with Crippen LogP contribution in [0.25, 0.3) is 0 Å². The van der Waals surface area contributed by atoms with Crippen molar-refractivity contribution in [3.63, 3.8) is 0 Å². The van der Waals surface area contributed by atoms with E-state index in [4.69, 9.17) is 5.73 Å². The molecule has 2 aliphatic carbocycles. The number of hydrogen-bond donors (Lipinski definition) is 1. The maximum atomic E-state index is 12.4. The molecule has 5 nitrogen and oxygen atoms in total. The highest BCUT2D eigenvalue weighted by Gasteiger charge is 2.31. The third-order valence-electron chi connectivity index (χ3n) is 4.02. The van der Waals surface area contributed by atoms with E-state index in [0.29, 0.717) is 17.5 Å². The van der Waals surface area contributed by atoms with Gasteiger partial charge in [-0.05, 0) is 43.6 Å². The first kappa shape index (κ1) is 13.2. The standard InChI is InChI=1S/C15H21N3O2/c16-13-5-6-14(19)18(9-13)10-15(20)17(7-11-1-2-11)8-12-3-4-12/h5-6,9,11-12H,1-4,7-8,10,16H2. The number of carbonyl (C=O) groups is 1. The Labute approximate surface area is 118 Å². The van der Waals surface area contributed by atoms with Crippen LogP contribution >= 0.6 is 0 Å². The molecule has 108 valence electrons. The zero-order valence-corrected chi connectivity index (χ0v) is 11.6. The average Bonchev–Trinajstić information content (AvgIpc) is 3.28. The van der Waals surface area contributed by atoms with Crippen molar-refractivity contribution in [1.82, 2.24) is 9.47 Å². The monoisotopic (exact) mass is 275 g/mol. The first-order valence-electron chi connectivity index (χ1n) is 7.35. The van der Waals surface area contributed by atoms with Crippen molar-refractivity contribution >= 4 is 11.6 Å². The van der Waals surface area contributed by atoms with Gasteiger partial charge < -0.3 is 15.2 Å². The molecule has 5 heteroatoms. The van der Waals surface area contributed by atoms with Crippen LogP contribution in [-0.4, -0.2) is 28.5 Å². The summed E-state index contributed by atoms with van der Waals surface area (Å²) in [5, 5.41) is 0. The van der Waals surface area contributed by atoms with Gasteiger partial charge in [0, 0.05) is 31.0 Å². The average molecular weight is 275 g/mol. The number of nitrogen functional groups attached to an aromatic ring is 1. The Morgan fingerprint density at radius 1 is 1.20 bits per heavy atom. The van der Waals surface area contributed by atoms with Crippen LogP contribution in [0.2, 0.25) is 0 Å². The Morgan fingerprint density at radius 2 is 1.80 bits per heavy atom. The first-order chi connectivity index (χ1) is 9.61. The van der Waals surface area contributed by atoms with Gasteiger partial charge >= 0.3 is 0 Å². The maximum absolute atomic E-state index is 12.4. The van der Waals surface area contributed by atoms with E-state index >= 15 is 0 Å². The van der Waals surface area contributed by atoms with E-state index in [1.165, 1.54) is 36.3 Å². The first-order valence-corrected chi connectivity index (χ1v) is 7.35. The summed E-state index contributed by atoms with van der Waals surface area (Å²) < 4.78 is 1.41. The van der Waals surface area contributed by atoms with Crippen LogP contribution < -0.4 is 11.3 Å². The minimum atomic E-state index is -0.176. The molecule has 0 unspecified atom stereocenters. The van der Waals surface area contributed by atoms with Crippen LogP contribution in [-0.2, 0) is 11.3 Å². The van der Waals surface area contributed by atoms with Gasteiger partial charge in [0.25, 0.3) is 5.56 Å². The largest absolute Gasteiger partial charge is 0.398 e. The second-order valence-corrected chi connectivity index (χ2v) is 6.11. The molecule has 20 heavy (non-hydrogen) atoms. The van der Waals surface area contributed by atoms with Crippen LogP contribution in [0.1, 0.15) is 25.7 Å².